The maximum Gasteiger partial charge on any atom is 0.318 e. The quantitative estimate of drug-likeness (QED) is 0.907. The van der Waals surface area contributed by atoms with Gasteiger partial charge in [-0.15, -0.1) is 11.3 Å². The van der Waals surface area contributed by atoms with Crippen molar-refractivity contribution < 1.29 is 9.59 Å². The number of likely N-dealkylation sites (tertiary alicyclic amines) is 1. The van der Waals surface area contributed by atoms with Gasteiger partial charge in [0.15, 0.2) is 0 Å². The van der Waals surface area contributed by atoms with E-state index in [9.17, 15) is 9.59 Å². The van der Waals surface area contributed by atoms with Gasteiger partial charge in [0.05, 0.1) is 11.6 Å². The number of urea groups is 1. The lowest BCUT2D eigenvalue weighted by molar-refractivity contribution is -0.132. The summed E-state index contributed by atoms with van der Waals surface area (Å²) in [4.78, 5) is 28.8. The number of nitrogens with zero attached hydrogens (tertiary/aromatic N) is 2. The maximum absolute atomic E-state index is 12.5. The number of fused-ring (bicyclic) bond motifs is 1. The first-order valence-electron chi connectivity index (χ1n) is 7.90. The molecule has 0 unspecified atom stereocenters. The fourth-order valence-electron chi connectivity index (χ4n) is 3.00. The molecular formula is C17H20ClN3O2S. The summed E-state index contributed by atoms with van der Waals surface area (Å²) in [5.74, 6) is -0.0254. The predicted octanol–water partition coefficient (Wildman–Crippen LogP) is 3.32. The van der Waals surface area contributed by atoms with Crippen LogP contribution in [0.3, 0.4) is 0 Å². The van der Waals surface area contributed by atoms with E-state index in [1.165, 1.54) is 0 Å². The Bertz CT molecular complexity index is 774. The molecule has 5 nitrogen and oxygen atoms in total. The van der Waals surface area contributed by atoms with Gasteiger partial charge in [0.1, 0.15) is 6.04 Å². The summed E-state index contributed by atoms with van der Waals surface area (Å²) in [5.41, 5.74) is 0. The van der Waals surface area contributed by atoms with Gasteiger partial charge < -0.3 is 15.1 Å². The molecule has 1 N–H and O–H groups in total. The Balaban J connectivity index is 1.68. The Morgan fingerprint density at radius 2 is 2.12 bits per heavy atom. The van der Waals surface area contributed by atoms with Crippen LogP contribution in [0.2, 0.25) is 5.02 Å². The lowest BCUT2D eigenvalue weighted by atomic mass is 10.2. The number of amides is 3. The smallest absolute Gasteiger partial charge is 0.318 e. The van der Waals surface area contributed by atoms with Crippen molar-refractivity contribution in [2.45, 2.75) is 25.4 Å². The van der Waals surface area contributed by atoms with E-state index in [-0.39, 0.29) is 18.0 Å². The number of halogens is 1. The molecule has 128 valence electrons. The van der Waals surface area contributed by atoms with Gasteiger partial charge in [-0.05, 0) is 18.9 Å². The molecule has 1 fully saturated rings. The standard InChI is InChI=1S/C17H20ClN3O2S/c1-20(2)16(22)12-7-5-9-21(12)17(23)19-10-14-15(18)11-6-3-4-8-13(11)24-14/h3-4,6,8,12H,5,7,9-10H2,1-2H3,(H,19,23)/t12-/m0/s1. The Morgan fingerprint density at radius 3 is 2.83 bits per heavy atom. The van der Waals surface area contributed by atoms with Crippen LogP contribution in [0.15, 0.2) is 24.3 Å². The number of likely N-dealkylation sites (N-methyl/N-ethyl adjacent to an activating group) is 1. The fourth-order valence-corrected chi connectivity index (χ4v) is 4.44. The van der Waals surface area contributed by atoms with Crippen molar-refractivity contribution in [1.82, 2.24) is 15.1 Å². The second kappa shape index (κ2) is 6.99. The SMILES string of the molecule is CN(C)C(=O)[C@@H]1CCCN1C(=O)NCc1sc2ccccc2c1Cl. The van der Waals surface area contributed by atoms with Crippen LogP contribution in [-0.2, 0) is 11.3 Å². The molecule has 1 aromatic carbocycles. The van der Waals surface area contributed by atoms with Crippen LogP contribution in [0.1, 0.15) is 17.7 Å². The molecule has 1 saturated heterocycles. The third-order valence-corrected chi connectivity index (χ3v) is 5.96. The normalized spacial score (nSPS) is 17.3. The van der Waals surface area contributed by atoms with Gasteiger partial charge in [-0.1, -0.05) is 29.8 Å². The summed E-state index contributed by atoms with van der Waals surface area (Å²) in [6.45, 7) is 0.979. The van der Waals surface area contributed by atoms with Crippen molar-refractivity contribution in [3.05, 3.63) is 34.2 Å². The lowest BCUT2D eigenvalue weighted by Crippen LogP contribution is -2.49. The first kappa shape index (κ1) is 17.0. The largest absolute Gasteiger partial charge is 0.347 e. The fraction of sp³-hybridized carbons (Fsp3) is 0.412. The predicted molar refractivity (Wildman–Crippen MR) is 97.5 cm³/mol. The Kier molecular flexibility index (Phi) is 4.96. The third-order valence-electron chi connectivity index (χ3n) is 4.24. The van der Waals surface area contributed by atoms with Crippen molar-refractivity contribution >= 4 is 45.0 Å². The minimum atomic E-state index is -0.363. The minimum Gasteiger partial charge on any atom is -0.347 e. The first-order valence-corrected chi connectivity index (χ1v) is 9.10. The topological polar surface area (TPSA) is 52.7 Å². The molecule has 7 heteroatoms. The number of nitrogens with one attached hydrogen (secondary N) is 1. The first-order chi connectivity index (χ1) is 11.5. The molecule has 3 rings (SSSR count). The molecule has 1 aliphatic rings. The number of hydrogen-bond donors (Lipinski definition) is 1. The van der Waals surface area contributed by atoms with Crippen LogP contribution >= 0.6 is 22.9 Å². The number of rotatable bonds is 3. The second-order valence-corrected chi connectivity index (χ2v) is 7.59. The molecule has 1 aromatic heterocycles. The summed E-state index contributed by atoms with van der Waals surface area (Å²) >= 11 is 7.99. The molecule has 2 heterocycles. The molecule has 1 aliphatic heterocycles. The Morgan fingerprint density at radius 1 is 1.38 bits per heavy atom. The summed E-state index contributed by atoms with van der Waals surface area (Å²) in [6, 6.07) is 7.35. The molecule has 1 atom stereocenters. The van der Waals surface area contributed by atoms with Crippen molar-refractivity contribution in [3.63, 3.8) is 0 Å². The van der Waals surface area contributed by atoms with E-state index in [1.807, 2.05) is 24.3 Å². The van der Waals surface area contributed by atoms with E-state index in [2.05, 4.69) is 5.32 Å². The van der Waals surface area contributed by atoms with Crippen molar-refractivity contribution in [2.24, 2.45) is 0 Å². The number of benzene rings is 1. The van der Waals surface area contributed by atoms with E-state index in [4.69, 9.17) is 11.6 Å². The van der Waals surface area contributed by atoms with Gasteiger partial charge in [-0.2, -0.15) is 0 Å². The van der Waals surface area contributed by atoms with Gasteiger partial charge in [0.25, 0.3) is 0 Å². The van der Waals surface area contributed by atoms with Gasteiger partial charge in [-0.25, -0.2) is 4.79 Å². The molecule has 0 saturated carbocycles. The van der Waals surface area contributed by atoms with E-state index in [1.54, 1.807) is 35.2 Å². The van der Waals surface area contributed by atoms with Crippen LogP contribution in [-0.4, -0.2) is 48.4 Å². The van der Waals surface area contributed by atoms with Crippen LogP contribution in [0.25, 0.3) is 10.1 Å². The van der Waals surface area contributed by atoms with Crippen LogP contribution in [0.4, 0.5) is 4.79 Å². The summed E-state index contributed by atoms with van der Waals surface area (Å²) in [7, 11) is 3.43. The molecule has 0 bridgehead atoms. The zero-order valence-electron chi connectivity index (χ0n) is 13.7. The zero-order valence-corrected chi connectivity index (χ0v) is 15.3. The average Bonchev–Trinajstić information content (AvgIpc) is 3.17. The molecule has 0 spiro atoms. The van der Waals surface area contributed by atoms with E-state index in [0.29, 0.717) is 24.5 Å². The van der Waals surface area contributed by atoms with Crippen molar-refractivity contribution in [3.8, 4) is 0 Å². The number of carbonyl (C=O) groups is 2. The zero-order chi connectivity index (χ0) is 17.3. The van der Waals surface area contributed by atoms with Gasteiger partial charge >= 0.3 is 6.03 Å². The van der Waals surface area contributed by atoms with Crippen LogP contribution in [0, 0.1) is 0 Å². The summed E-state index contributed by atoms with van der Waals surface area (Å²) in [5, 5.41) is 4.61. The molecule has 0 radical (unpaired) electrons. The molecule has 24 heavy (non-hydrogen) atoms. The highest BCUT2D eigenvalue weighted by molar-refractivity contribution is 7.19. The van der Waals surface area contributed by atoms with E-state index >= 15 is 0 Å². The minimum absolute atomic E-state index is 0.0254. The molecular weight excluding hydrogens is 346 g/mol. The second-order valence-electron chi connectivity index (χ2n) is 6.08. The molecule has 2 aromatic rings. The lowest BCUT2D eigenvalue weighted by Gasteiger charge is -2.26. The van der Waals surface area contributed by atoms with Gasteiger partial charge in [-0.3, -0.25) is 4.79 Å². The monoisotopic (exact) mass is 365 g/mol. The number of hydrogen-bond acceptors (Lipinski definition) is 3. The van der Waals surface area contributed by atoms with Crippen LogP contribution < -0.4 is 5.32 Å². The highest BCUT2D eigenvalue weighted by Crippen LogP contribution is 2.35. The Hall–Kier alpha value is -1.79. The van der Waals surface area contributed by atoms with E-state index in [0.717, 1.165) is 21.4 Å². The summed E-state index contributed by atoms with van der Waals surface area (Å²) in [6.07, 6.45) is 1.56. The van der Waals surface area contributed by atoms with Gasteiger partial charge in [0, 0.05) is 35.6 Å². The average molecular weight is 366 g/mol. The summed E-state index contributed by atoms with van der Waals surface area (Å²) < 4.78 is 1.11. The maximum atomic E-state index is 12.5. The number of carbonyl (C=O) groups excluding carboxylic acids is 2. The third kappa shape index (κ3) is 3.21. The number of thiophene rings is 1. The molecule has 3 amide bonds. The Labute approximate surface area is 150 Å². The highest BCUT2D eigenvalue weighted by Gasteiger charge is 2.34. The van der Waals surface area contributed by atoms with Gasteiger partial charge in [0.2, 0.25) is 5.91 Å². The highest BCUT2D eigenvalue weighted by atomic mass is 35.5. The van der Waals surface area contributed by atoms with E-state index < -0.39 is 0 Å². The van der Waals surface area contributed by atoms with Crippen LogP contribution in [0.5, 0.6) is 0 Å². The van der Waals surface area contributed by atoms with Crippen molar-refractivity contribution in [2.75, 3.05) is 20.6 Å². The van der Waals surface area contributed by atoms with Crippen molar-refractivity contribution in [1.29, 1.82) is 0 Å². The molecule has 0 aliphatic carbocycles.